The molecule has 0 aliphatic carbocycles. The number of rotatable bonds is 6. The molecule has 0 atom stereocenters. The van der Waals surface area contributed by atoms with Crippen molar-refractivity contribution in [1.29, 1.82) is 0 Å². The van der Waals surface area contributed by atoms with E-state index in [4.69, 9.17) is 0 Å². The third-order valence-electron chi connectivity index (χ3n) is 12.1. The molecule has 1 nitrogen and oxygen atoms in total. The van der Waals surface area contributed by atoms with E-state index in [1.54, 1.807) is 0 Å². The molecule has 0 saturated carbocycles. The maximum atomic E-state index is 2.45. The minimum absolute atomic E-state index is 0.0102. The highest BCUT2D eigenvalue weighted by atomic mass is 32.1. The first-order chi connectivity index (χ1) is 29.0. The van der Waals surface area contributed by atoms with Gasteiger partial charge in [0.2, 0.25) is 0 Å². The summed E-state index contributed by atoms with van der Waals surface area (Å²) in [5.41, 5.74) is 13.5. The lowest BCUT2D eigenvalue weighted by Gasteiger charge is -2.29. The summed E-state index contributed by atoms with van der Waals surface area (Å²) in [6.45, 7) is 13.9. The Hall–Kier alpha value is -6.48. The minimum Gasteiger partial charge on any atom is -0.310 e. The summed E-state index contributed by atoms with van der Waals surface area (Å²) in [4.78, 5) is 2.45. The van der Waals surface area contributed by atoms with Crippen LogP contribution in [0, 0.1) is 0 Å². The van der Waals surface area contributed by atoms with Gasteiger partial charge in [-0.05, 0) is 108 Å². The highest BCUT2D eigenvalue weighted by molar-refractivity contribution is 7.26. The van der Waals surface area contributed by atoms with Crippen LogP contribution in [0.1, 0.15) is 52.7 Å². The normalized spacial score (nSPS) is 12.2. The predicted octanol–water partition coefficient (Wildman–Crippen LogP) is 17.4. The second-order valence-corrected chi connectivity index (χ2v) is 19.3. The zero-order valence-electron chi connectivity index (χ0n) is 35.3. The van der Waals surface area contributed by atoms with Crippen molar-refractivity contribution in [2.75, 3.05) is 4.90 Å². The van der Waals surface area contributed by atoms with Gasteiger partial charge < -0.3 is 4.90 Å². The second-order valence-electron chi connectivity index (χ2n) is 18.2. The number of hydrogen-bond donors (Lipinski definition) is 0. The quantitative estimate of drug-likeness (QED) is 0.162. The Kier molecular flexibility index (Phi) is 9.23. The van der Waals surface area contributed by atoms with Gasteiger partial charge in [0.05, 0.1) is 5.69 Å². The summed E-state index contributed by atoms with van der Waals surface area (Å²) in [7, 11) is 0. The Morgan fingerprint density at radius 2 is 0.950 bits per heavy atom. The van der Waals surface area contributed by atoms with Crippen molar-refractivity contribution in [3.05, 3.63) is 199 Å². The Morgan fingerprint density at radius 1 is 0.383 bits per heavy atom. The van der Waals surface area contributed by atoms with E-state index >= 15 is 0 Å². The Morgan fingerprint density at radius 3 is 1.70 bits per heavy atom. The van der Waals surface area contributed by atoms with Crippen molar-refractivity contribution in [1.82, 2.24) is 0 Å². The van der Waals surface area contributed by atoms with Crippen LogP contribution in [0.3, 0.4) is 0 Å². The molecule has 0 amide bonds. The molecule has 0 unspecified atom stereocenters. The second kappa shape index (κ2) is 14.7. The molecule has 2 heteroatoms. The zero-order valence-corrected chi connectivity index (χ0v) is 36.1. The van der Waals surface area contributed by atoms with Crippen LogP contribution >= 0.6 is 11.3 Å². The van der Waals surface area contributed by atoms with Crippen molar-refractivity contribution in [3.8, 4) is 33.4 Å². The number of anilines is 3. The average molecular weight is 792 g/mol. The van der Waals surface area contributed by atoms with Gasteiger partial charge in [-0.2, -0.15) is 0 Å². The van der Waals surface area contributed by atoms with Crippen LogP contribution in [0.2, 0.25) is 0 Å². The molecule has 10 rings (SSSR count). The first-order valence-corrected chi connectivity index (χ1v) is 21.9. The van der Waals surface area contributed by atoms with E-state index in [9.17, 15) is 0 Å². The van der Waals surface area contributed by atoms with Gasteiger partial charge in [0.1, 0.15) is 0 Å². The van der Waals surface area contributed by atoms with Gasteiger partial charge in [-0.25, -0.2) is 0 Å². The van der Waals surface area contributed by atoms with E-state index in [1.165, 1.54) is 86.2 Å². The van der Waals surface area contributed by atoms with E-state index in [1.807, 2.05) is 11.3 Å². The van der Waals surface area contributed by atoms with E-state index in [-0.39, 0.29) is 10.8 Å². The van der Waals surface area contributed by atoms with Crippen LogP contribution in [0.25, 0.3) is 75.1 Å². The summed E-state index contributed by atoms with van der Waals surface area (Å²) in [6.07, 6.45) is 0. The molecule has 1 aromatic heterocycles. The monoisotopic (exact) mass is 791 g/mol. The maximum absolute atomic E-state index is 2.45. The lowest BCUT2D eigenvalue weighted by atomic mass is 9.78. The Labute approximate surface area is 358 Å². The molecule has 60 heavy (non-hydrogen) atoms. The van der Waals surface area contributed by atoms with Gasteiger partial charge >= 0.3 is 0 Å². The molecule has 0 radical (unpaired) electrons. The van der Waals surface area contributed by atoms with E-state index in [0.29, 0.717) is 0 Å². The van der Waals surface area contributed by atoms with Crippen LogP contribution in [0.4, 0.5) is 17.1 Å². The molecule has 0 aliphatic rings. The Bertz CT molecular complexity index is 3190. The van der Waals surface area contributed by atoms with Crippen LogP contribution in [-0.2, 0) is 10.8 Å². The van der Waals surface area contributed by atoms with Gasteiger partial charge in [0, 0.05) is 37.1 Å². The third-order valence-corrected chi connectivity index (χ3v) is 13.4. The smallest absolute Gasteiger partial charge is 0.0540 e. The molecule has 0 bridgehead atoms. The molecule has 0 saturated heterocycles. The minimum atomic E-state index is 0.0102. The van der Waals surface area contributed by atoms with Gasteiger partial charge in [0.25, 0.3) is 0 Å². The fraction of sp³-hybridized carbons (Fsp3) is 0.138. The lowest BCUT2D eigenvalue weighted by molar-refractivity contribution is 0.569. The number of para-hydroxylation sites is 1. The van der Waals surface area contributed by atoms with Crippen LogP contribution in [0.5, 0.6) is 0 Å². The van der Waals surface area contributed by atoms with Gasteiger partial charge in [-0.1, -0.05) is 193 Å². The first-order valence-electron chi connectivity index (χ1n) is 21.1. The molecule has 1 heterocycles. The molecule has 10 aromatic rings. The standard InChI is InChI=1S/C58H49NS/c1-57(2,3)43-34-42(35-44(37-43)58(4,5)6)47-22-13-18-40-19-14-24-51(55(40)47)49-20-9-11-26-53(49)59(46-33-28-38-16-7-8-17-41(38)36-46)45-31-29-39(30-32-45)48-23-15-25-52-50-21-10-12-27-54(50)60-56(48)52/h7-37H,1-6H3. The van der Waals surface area contributed by atoms with Gasteiger partial charge in [-0.15, -0.1) is 11.3 Å². The average Bonchev–Trinajstić information content (AvgIpc) is 3.65. The number of hydrogen-bond acceptors (Lipinski definition) is 2. The predicted molar refractivity (Wildman–Crippen MR) is 263 cm³/mol. The van der Waals surface area contributed by atoms with Crippen molar-refractivity contribution in [2.45, 2.75) is 52.4 Å². The van der Waals surface area contributed by atoms with E-state index < -0.39 is 0 Å². The maximum Gasteiger partial charge on any atom is 0.0540 e. The summed E-state index contributed by atoms with van der Waals surface area (Å²) in [6, 6.07) is 70.0. The fourth-order valence-corrected chi connectivity index (χ4v) is 10.1. The molecule has 0 N–H and O–H groups in total. The lowest BCUT2D eigenvalue weighted by Crippen LogP contribution is -2.16. The van der Waals surface area contributed by atoms with Crippen LogP contribution < -0.4 is 4.90 Å². The van der Waals surface area contributed by atoms with Crippen LogP contribution in [0.15, 0.2) is 188 Å². The molecule has 0 aliphatic heterocycles. The van der Waals surface area contributed by atoms with Crippen molar-refractivity contribution >= 4 is 70.1 Å². The highest BCUT2D eigenvalue weighted by Crippen LogP contribution is 2.47. The van der Waals surface area contributed by atoms with Crippen molar-refractivity contribution in [2.24, 2.45) is 0 Å². The number of thiophene rings is 1. The van der Waals surface area contributed by atoms with Gasteiger partial charge in [-0.3, -0.25) is 0 Å². The van der Waals surface area contributed by atoms with Crippen molar-refractivity contribution < 1.29 is 0 Å². The summed E-state index contributed by atoms with van der Waals surface area (Å²) < 4.78 is 2.65. The van der Waals surface area contributed by atoms with Crippen molar-refractivity contribution in [3.63, 3.8) is 0 Å². The Balaban J connectivity index is 1.17. The summed E-state index contributed by atoms with van der Waals surface area (Å²) >= 11 is 1.88. The molecule has 292 valence electrons. The largest absolute Gasteiger partial charge is 0.310 e. The van der Waals surface area contributed by atoms with E-state index in [2.05, 4.69) is 234 Å². The zero-order chi connectivity index (χ0) is 41.2. The molecule has 0 fully saturated rings. The summed E-state index contributed by atoms with van der Waals surface area (Å²) in [5, 5.41) is 7.58. The number of fused-ring (bicyclic) bond motifs is 5. The number of nitrogens with zero attached hydrogens (tertiary/aromatic N) is 1. The first kappa shape index (κ1) is 37.8. The molecule has 0 spiro atoms. The van der Waals surface area contributed by atoms with E-state index in [0.717, 1.165) is 17.1 Å². The topological polar surface area (TPSA) is 3.24 Å². The summed E-state index contributed by atoms with van der Waals surface area (Å²) in [5.74, 6) is 0. The number of benzene rings is 9. The molecular formula is C58H49NS. The molecular weight excluding hydrogens is 743 g/mol. The fourth-order valence-electron chi connectivity index (χ4n) is 8.86. The third kappa shape index (κ3) is 6.76. The highest BCUT2D eigenvalue weighted by Gasteiger charge is 2.24. The molecule has 9 aromatic carbocycles. The van der Waals surface area contributed by atoms with Crippen LogP contribution in [-0.4, -0.2) is 0 Å². The van der Waals surface area contributed by atoms with Gasteiger partial charge in [0.15, 0.2) is 0 Å². The SMILES string of the molecule is CC(C)(C)c1cc(-c2cccc3cccc(-c4ccccc4N(c4ccc(-c5cccc6c5sc5ccccc56)cc4)c4ccc5ccccc5c4)c23)cc(C(C)(C)C)c1.